The monoisotopic (exact) mass is 353 g/mol. The number of hydrogen-bond donors (Lipinski definition) is 0. The first kappa shape index (κ1) is 19.9. The molecule has 0 aliphatic rings. The van der Waals surface area contributed by atoms with E-state index in [2.05, 4.69) is 74.5 Å². The molecule has 107 valence electrons. The Hall–Kier alpha value is -1.07. The summed E-state index contributed by atoms with van der Waals surface area (Å²) in [7, 11) is 0. The molecule has 0 aliphatic heterocycles. The van der Waals surface area contributed by atoms with E-state index < -0.39 is 0 Å². The summed E-state index contributed by atoms with van der Waals surface area (Å²) >= 11 is 0. The van der Waals surface area contributed by atoms with Crippen molar-refractivity contribution in [2.24, 2.45) is 0 Å². The van der Waals surface area contributed by atoms with Crippen LogP contribution in [0.1, 0.15) is 25.3 Å². The van der Waals surface area contributed by atoms with Gasteiger partial charge >= 0.3 is 26.2 Å². The van der Waals surface area contributed by atoms with E-state index in [1.54, 1.807) is 0 Å². The third-order valence-corrected chi connectivity index (χ3v) is 3.52. The van der Waals surface area contributed by atoms with Crippen molar-refractivity contribution in [1.82, 2.24) is 0 Å². The van der Waals surface area contributed by atoms with E-state index in [-0.39, 0.29) is 41.1 Å². The van der Waals surface area contributed by atoms with E-state index in [1.165, 1.54) is 27.5 Å². The van der Waals surface area contributed by atoms with Crippen molar-refractivity contribution in [3.05, 3.63) is 81.1 Å². The molecule has 0 atom stereocenters. The van der Waals surface area contributed by atoms with Crippen LogP contribution in [0.3, 0.4) is 0 Å². The van der Waals surface area contributed by atoms with Crippen LogP contribution in [0.5, 0.6) is 0 Å². The van der Waals surface area contributed by atoms with Gasteiger partial charge in [-0.25, -0.2) is 0 Å². The molecule has 0 fully saturated rings. The van der Waals surface area contributed by atoms with Crippen molar-refractivity contribution >= 4 is 10.8 Å². The first-order valence-electron chi connectivity index (χ1n) is 6.50. The third kappa shape index (κ3) is 3.98. The fraction of sp³-hybridized carbons (Fsp3) is 0.150. The zero-order valence-corrected chi connectivity index (χ0v) is 15.8. The molecule has 0 saturated heterocycles. The second-order valence-corrected chi connectivity index (χ2v) is 5.12. The second-order valence-electron chi connectivity index (χ2n) is 5.12. The Morgan fingerprint density at radius 3 is 2.14 bits per heavy atom. The van der Waals surface area contributed by atoms with Crippen molar-refractivity contribution in [3.8, 4) is 11.1 Å². The molecule has 3 aromatic rings. The van der Waals surface area contributed by atoms with Crippen LogP contribution in [0.2, 0.25) is 0 Å². The van der Waals surface area contributed by atoms with Crippen LogP contribution in [-0.2, 0) is 26.2 Å². The number of rotatable bonds is 2. The fourth-order valence-electron chi connectivity index (χ4n) is 2.46. The molecule has 0 nitrogen and oxygen atoms in total. The molecule has 0 aliphatic carbocycles. The quantitative estimate of drug-likeness (QED) is 0.477. The summed E-state index contributed by atoms with van der Waals surface area (Å²) in [4.78, 5) is 0. The molecule has 3 aromatic carbocycles. The minimum atomic E-state index is 0. The third-order valence-electron chi connectivity index (χ3n) is 3.52. The molecular formula is C20H23Zr. The van der Waals surface area contributed by atoms with Crippen LogP contribution in [0.15, 0.2) is 60.7 Å². The largest absolute Gasteiger partial charge is 3.00 e. The summed E-state index contributed by atoms with van der Waals surface area (Å²) in [6, 6.07) is 21.8. The van der Waals surface area contributed by atoms with Crippen LogP contribution < -0.4 is 0 Å². The predicted molar refractivity (Wildman–Crippen MR) is 91.9 cm³/mol. The van der Waals surface area contributed by atoms with Gasteiger partial charge < -0.3 is 14.9 Å². The molecule has 0 N–H and O–H groups in total. The Labute approximate surface area is 148 Å². The zero-order chi connectivity index (χ0) is 12.5. The fourth-order valence-corrected chi connectivity index (χ4v) is 2.46. The molecule has 1 radical (unpaired) electrons. The SMILES string of the molecule is CC(C)c1cc2c(-c3ccccc3)cccc2[cH-]1.[CH3-].[CH3-].[Zr+3]. The van der Waals surface area contributed by atoms with Crippen molar-refractivity contribution in [2.75, 3.05) is 0 Å². The Kier molecular flexibility index (Phi) is 7.97. The van der Waals surface area contributed by atoms with Gasteiger partial charge in [-0.05, 0) is 11.5 Å². The molecule has 0 saturated carbocycles. The molecule has 3 rings (SSSR count). The maximum absolute atomic E-state index is 2.34. The summed E-state index contributed by atoms with van der Waals surface area (Å²) in [5, 5.41) is 2.72. The Balaban J connectivity index is 0.00000133. The molecule has 0 aromatic heterocycles. The minimum absolute atomic E-state index is 0. The standard InChI is InChI=1S/C18H17.2CH3.Zr/c1-13(2)16-11-15-9-6-10-17(18(15)12-16)14-7-4-3-5-8-14;;;/h3-13H,1-2H3;2*1H3;/q3*-1;+3. The van der Waals surface area contributed by atoms with E-state index >= 15 is 0 Å². The van der Waals surface area contributed by atoms with E-state index in [9.17, 15) is 0 Å². The maximum atomic E-state index is 2.34. The second kappa shape index (κ2) is 8.39. The van der Waals surface area contributed by atoms with Crippen molar-refractivity contribution < 1.29 is 26.2 Å². The van der Waals surface area contributed by atoms with E-state index in [0.717, 1.165) is 0 Å². The summed E-state index contributed by atoms with van der Waals surface area (Å²) in [6.07, 6.45) is 0. The van der Waals surface area contributed by atoms with Crippen LogP contribution in [0, 0.1) is 14.9 Å². The van der Waals surface area contributed by atoms with E-state index in [4.69, 9.17) is 0 Å². The molecular weight excluding hydrogens is 331 g/mol. The van der Waals surface area contributed by atoms with E-state index in [1.807, 2.05) is 0 Å². The molecule has 0 heterocycles. The van der Waals surface area contributed by atoms with Gasteiger partial charge in [-0.1, -0.05) is 55.8 Å². The van der Waals surface area contributed by atoms with Crippen molar-refractivity contribution in [1.29, 1.82) is 0 Å². The number of benzene rings is 2. The summed E-state index contributed by atoms with van der Waals surface area (Å²) in [5.41, 5.74) is 4.05. The van der Waals surface area contributed by atoms with Crippen LogP contribution >= 0.6 is 0 Å². The molecule has 0 spiro atoms. The van der Waals surface area contributed by atoms with Gasteiger partial charge in [0.1, 0.15) is 0 Å². The van der Waals surface area contributed by atoms with Crippen LogP contribution in [0.25, 0.3) is 21.9 Å². The van der Waals surface area contributed by atoms with Crippen molar-refractivity contribution in [2.45, 2.75) is 19.8 Å². The predicted octanol–water partition coefficient (Wildman–Crippen LogP) is 6.25. The Bertz CT molecular complexity index is 663. The average molecular weight is 355 g/mol. The van der Waals surface area contributed by atoms with Gasteiger partial charge in [0.15, 0.2) is 0 Å². The van der Waals surface area contributed by atoms with Gasteiger partial charge in [0.2, 0.25) is 0 Å². The smallest absolute Gasteiger partial charge is 0.358 e. The molecule has 0 unspecified atom stereocenters. The van der Waals surface area contributed by atoms with Gasteiger partial charge in [0.05, 0.1) is 0 Å². The molecule has 21 heavy (non-hydrogen) atoms. The van der Waals surface area contributed by atoms with Crippen LogP contribution in [0.4, 0.5) is 0 Å². The van der Waals surface area contributed by atoms with Gasteiger partial charge in [-0.3, -0.25) is 0 Å². The molecule has 0 bridgehead atoms. The van der Waals surface area contributed by atoms with Gasteiger partial charge in [-0.15, -0.1) is 34.5 Å². The average Bonchev–Trinajstić information content (AvgIpc) is 2.83. The minimum Gasteiger partial charge on any atom is -0.358 e. The van der Waals surface area contributed by atoms with Gasteiger partial charge in [-0.2, -0.15) is 6.07 Å². The first-order valence-corrected chi connectivity index (χ1v) is 6.50. The summed E-state index contributed by atoms with van der Waals surface area (Å²) in [6.45, 7) is 4.49. The molecule has 0 amide bonds. The number of hydrogen-bond acceptors (Lipinski definition) is 0. The van der Waals surface area contributed by atoms with Gasteiger partial charge in [0.25, 0.3) is 0 Å². The summed E-state index contributed by atoms with van der Waals surface area (Å²) < 4.78 is 0. The van der Waals surface area contributed by atoms with Crippen molar-refractivity contribution in [3.63, 3.8) is 0 Å². The summed E-state index contributed by atoms with van der Waals surface area (Å²) in [5.74, 6) is 0.584. The molecule has 1 heteroatoms. The van der Waals surface area contributed by atoms with Crippen LogP contribution in [-0.4, -0.2) is 0 Å². The van der Waals surface area contributed by atoms with Gasteiger partial charge in [0, 0.05) is 0 Å². The Morgan fingerprint density at radius 2 is 1.52 bits per heavy atom. The topological polar surface area (TPSA) is 0 Å². The van der Waals surface area contributed by atoms with E-state index in [0.29, 0.717) is 5.92 Å². The zero-order valence-electron chi connectivity index (χ0n) is 13.4. The first-order chi connectivity index (χ1) is 8.75. The normalized spacial score (nSPS) is 9.67. The maximum Gasteiger partial charge on any atom is 3.00 e. The number of fused-ring (bicyclic) bond motifs is 1. The Morgan fingerprint density at radius 1 is 0.857 bits per heavy atom.